The number of rotatable bonds is 6. The lowest BCUT2D eigenvalue weighted by Crippen LogP contribution is -2.30. The van der Waals surface area contributed by atoms with E-state index in [0.29, 0.717) is 17.0 Å². The average Bonchev–Trinajstić information content (AvgIpc) is 2.57. The van der Waals surface area contributed by atoms with E-state index >= 15 is 0 Å². The van der Waals surface area contributed by atoms with Crippen LogP contribution < -0.4 is 10.1 Å². The summed E-state index contributed by atoms with van der Waals surface area (Å²) in [6.07, 6.45) is -0.979. The van der Waals surface area contributed by atoms with Crippen LogP contribution in [-0.2, 0) is 20.7 Å². The maximum Gasteiger partial charge on any atom is 0.311 e. The van der Waals surface area contributed by atoms with Crippen LogP contribution in [0.25, 0.3) is 0 Å². The van der Waals surface area contributed by atoms with E-state index in [0.717, 1.165) is 5.56 Å². The maximum atomic E-state index is 12.9. The van der Waals surface area contributed by atoms with Gasteiger partial charge in [0.1, 0.15) is 11.6 Å². The second kappa shape index (κ2) is 8.28. The molecule has 0 bridgehead atoms. The van der Waals surface area contributed by atoms with Crippen molar-refractivity contribution < 1.29 is 23.5 Å². The lowest BCUT2D eigenvalue weighted by molar-refractivity contribution is -0.152. The summed E-state index contributed by atoms with van der Waals surface area (Å²) in [5.41, 5.74) is 2.11. The summed E-state index contributed by atoms with van der Waals surface area (Å²) in [5.74, 6) is -0.836. The highest BCUT2D eigenvalue weighted by Crippen LogP contribution is 2.20. The third-order valence-corrected chi connectivity index (χ3v) is 3.56. The molecule has 0 saturated heterocycles. The molecule has 0 saturated carbocycles. The van der Waals surface area contributed by atoms with Crippen LogP contribution in [0.2, 0.25) is 0 Å². The first kappa shape index (κ1) is 18.4. The molecular formula is C19H20FNO4. The second-order valence-electron chi connectivity index (χ2n) is 5.62. The van der Waals surface area contributed by atoms with Crippen LogP contribution in [-0.4, -0.2) is 25.1 Å². The van der Waals surface area contributed by atoms with Gasteiger partial charge in [0.15, 0.2) is 6.10 Å². The van der Waals surface area contributed by atoms with Gasteiger partial charge in [-0.15, -0.1) is 0 Å². The van der Waals surface area contributed by atoms with Crippen molar-refractivity contribution in [1.29, 1.82) is 0 Å². The third kappa shape index (κ3) is 5.31. The molecule has 5 nitrogen and oxygen atoms in total. The van der Waals surface area contributed by atoms with Crippen molar-refractivity contribution in [1.82, 2.24) is 0 Å². The number of amides is 1. The van der Waals surface area contributed by atoms with Crippen molar-refractivity contribution in [2.75, 3.05) is 12.4 Å². The number of ether oxygens (including phenoxy) is 2. The standard InChI is InChI=1S/C19H20FNO4/c1-12-4-9-17(24-3)14(10-12)11-18(22)25-13(2)19(23)21-16-7-5-15(20)6-8-16/h4-10,13H,11H2,1-3H3,(H,21,23)/t13-/m0/s1. The molecule has 0 heterocycles. The highest BCUT2D eigenvalue weighted by Gasteiger charge is 2.19. The molecule has 0 aromatic heterocycles. The Kier molecular flexibility index (Phi) is 6.11. The van der Waals surface area contributed by atoms with Gasteiger partial charge in [-0.25, -0.2) is 4.39 Å². The van der Waals surface area contributed by atoms with Crippen LogP contribution in [0, 0.1) is 12.7 Å². The highest BCUT2D eigenvalue weighted by molar-refractivity contribution is 5.95. The van der Waals surface area contributed by atoms with Crippen LogP contribution in [0.1, 0.15) is 18.1 Å². The van der Waals surface area contributed by atoms with Gasteiger partial charge in [0, 0.05) is 11.3 Å². The minimum atomic E-state index is -0.978. The van der Waals surface area contributed by atoms with E-state index < -0.39 is 23.8 Å². The first-order valence-corrected chi connectivity index (χ1v) is 7.78. The number of nitrogens with one attached hydrogen (secondary N) is 1. The van der Waals surface area contributed by atoms with E-state index in [9.17, 15) is 14.0 Å². The summed E-state index contributed by atoms with van der Waals surface area (Å²) in [5, 5.41) is 2.56. The number of esters is 1. The van der Waals surface area contributed by atoms with Gasteiger partial charge in [-0.3, -0.25) is 9.59 Å². The Morgan fingerprint density at radius 2 is 1.84 bits per heavy atom. The summed E-state index contributed by atoms with van der Waals surface area (Å²) in [4.78, 5) is 24.2. The molecule has 2 rings (SSSR count). The molecule has 0 aliphatic heterocycles. The molecule has 2 aromatic rings. The SMILES string of the molecule is COc1ccc(C)cc1CC(=O)O[C@@H](C)C(=O)Nc1ccc(F)cc1. The summed E-state index contributed by atoms with van der Waals surface area (Å²) < 4.78 is 23.3. The van der Waals surface area contributed by atoms with Crippen LogP contribution >= 0.6 is 0 Å². The molecule has 0 aliphatic carbocycles. The zero-order chi connectivity index (χ0) is 18.4. The molecule has 1 atom stereocenters. The largest absolute Gasteiger partial charge is 0.496 e. The fourth-order valence-electron chi connectivity index (χ4n) is 2.27. The number of hydrogen-bond donors (Lipinski definition) is 1. The molecule has 0 aliphatic rings. The molecule has 132 valence electrons. The normalized spacial score (nSPS) is 11.5. The lowest BCUT2D eigenvalue weighted by atomic mass is 10.1. The topological polar surface area (TPSA) is 64.6 Å². The molecule has 0 fully saturated rings. The van der Waals surface area contributed by atoms with Crippen molar-refractivity contribution in [2.45, 2.75) is 26.4 Å². The Morgan fingerprint density at radius 1 is 1.16 bits per heavy atom. The Morgan fingerprint density at radius 3 is 2.48 bits per heavy atom. The van der Waals surface area contributed by atoms with Gasteiger partial charge in [0.2, 0.25) is 0 Å². The van der Waals surface area contributed by atoms with Gasteiger partial charge in [0.05, 0.1) is 13.5 Å². The summed E-state index contributed by atoms with van der Waals surface area (Å²) in [7, 11) is 1.53. The summed E-state index contributed by atoms with van der Waals surface area (Å²) in [6, 6.07) is 10.8. The van der Waals surface area contributed by atoms with Crippen molar-refractivity contribution in [3.8, 4) is 5.75 Å². The zero-order valence-electron chi connectivity index (χ0n) is 14.3. The molecule has 0 unspecified atom stereocenters. The van der Waals surface area contributed by atoms with E-state index in [-0.39, 0.29) is 6.42 Å². The van der Waals surface area contributed by atoms with E-state index in [2.05, 4.69) is 5.32 Å². The van der Waals surface area contributed by atoms with Gasteiger partial charge in [-0.1, -0.05) is 17.7 Å². The van der Waals surface area contributed by atoms with Gasteiger partial charge < -0.3 is 14.8 Å². The maximum absolute atomic E-state index is 12.9. The molecule has 1 N–H and O–H groups in total. The third-order valence-electron chi connectivity index (χ3n) is 3.56. The monoisotopic (exact) mass is 345 g/mol. The Balaban J connectivity index is 1.94. The molecule has 6 heteroatoms. The fourth-order valence-corrected chi connectivity index (χ4v) is 2.27. The Bertz CT molecular complexity index is 759. The van der Waals surface area contributed by atoms with Gasteiger partial charge in [-0.2, -0.15) is 0 Å². The molecule has 2 aromatic carbocycles. The van der Waals surface area contributed by atoms with Crippen molar-refractivity contribution >= 4 is 17.6 Å². The number of carbonyl (C=O) groups is 2. The van der Waals surface area contributed by atoms with E-state index in [4.69, 9.17) is 9.47 Å². The number of halogens is 1. The predicted octanol–water partition coefficient (Wildman–Crippen LogP) is 3.26. The highest BCUT2D eigenvalue weighted by atomic mass is 19.1. The zero-order valence-corrected chi connectivity index (χ0v) is 14.3. The quantitative estimate of drug-likeness (QED) is 0.816. The smallest absolute Gasteiger partial charge is 0.311 e. The molecular weight excluding hydrogens is 325 g/mol. The van der Waals surface area contributed by atoms with Crippen LogP contribution in [0.3, 0.4) is 0 Å². The minimum absolute atomic E-state index is 0.000971. The van der Waals surface area contributed by atoms with Crippen LogP contribution in [0.5, 0.6) is 5.75 Å². The predicted molar refractivity (Wildman–Crippen MR) is 92.0 cm³/mol. The van der Waals surface area contributed by atoms with E-state index in [1.54, 1.807) is 6.07 Å². The van der Waals surface area contributed by atoms with Crippen molar-refractivity contribution in [2.24, 2.45) is 0 Å². The second-order valence-corrected chi connectivity index (χ2v) is 5.62. The van der Waals surface area contributed by atoms with Crippen LogP contribution in [0.15, 0.2) is 42.5 Å². The lowest BCUT2D eigenvalue weighted by Gasteiger charge is -2.14. The minimum Gasteiger partial charge on any atom is -0.496 e. The summed E-state index contributed by atoms with van der Waals surface area (Å²) >= 11 is 0. The average molecular weight is 345 g/mol. The number of aryl methyl sites for hydroxylation is 1. The van der Waals surface area contributed by atoms with E-state index in [1.165, 1.54) is 38.3 Å². The number of anilines is 1. The molecule has 25 heavy (non-hydrogen) atoms. The van der Waals surface area contributed by atoms with Crippen LogP contribution in [0.4, 0.5) is 10.1 Å². The van der Waals surface area contributed by atoms with E-state index in [1.807, 2.05) is 19.1 Å². The molecule has 0 spiro atoms. The molecule has 1 amide bonds. The number of hydrogen-bond acceptors (Lipinski definition) is 4. The number of benzene rings is 2. The fraction of sp³-hybridized carbons (Fsp3) is 0.263. The Labute approximate surface area is 145 Å². The Hall–Kier alpha value is -2.89. The number of methoxy groups -OCH3 is 1. The van der Waals surface area contributed by atoms with Crippen molar-refractivity contribution in [3.05, 3.63) is 59.4 Å². The van der Waals surface area contributed by atoms with Crippen molar-refractivity contribution in [3.63, 3.8) is 0 Å². The number of carbonyl (C=O) groups excluding carboxylic acids is 2. The first-order valence-electron chi connectivity index (χ1n) is 7.78. The van der Waals surface area contributed by atoms with Gasteiger partial charge in [-0.05, 0) is 44.2 Å². The summed E-state index contributed by atoms with van der Waals surface area (Å²) in [6.45, 7) is 3.39. The molecule has 0 radical (unpaired) electrons. The van der Waals surface area contributed by atoms with Gasteiger partial charge >= 0.3 is 5.97 Å². The van der Waals surface area contributed by atoms with Gasteiger partial charge in [0.25, 0.3) is 5.91 Å². The first-order chi connectivity index (χ1) is 11.9.